The summed E-state index contributed by atoms with van der Waals surface area (Å²) >= 11 is 0. The number of para-hydroxylation sites is 1. The fourth-order valence-corrected chi connectivity index (χ4v) is 4.17. The zero-order valence-electron chi connectivity index (χ0n) is 16.6. The van der Waals surface area contributed by atoms with E-state index in [0.29, 0.717) is 19.1 Å². The van der Waals surface area contributed by atoms with Gasteiger partial charge in [0, 0.05) is 25.6 Å². The number of likely N-dealkylation sites (tertiary alicyclic amines) is 2. The quantitative estimate of drug-likeness (QED) is 0.832. The van der Waals surface area contributed by atoms with E-state index in [4.69, 9.17) is 4.74 Å². The second-order valence-corrected chi connectivity index (χ2v) is 8.04. The SMILES string of the molecule is Cc1ccccc1OCC(O)CN1CCC(C(=O)N2CCCCCC2)CC1. The van der Waals surface area contributed by atoms with Gasteiger partial charge < -0.3 is 19.6 Å². The third-order valence-electron chi connectivity index (χ3n) is 5.85. The highest BCUT2D eigenvalue weighted by Crippen LogP contribution is 2.22. The lowest BCUT2D eigenvalue weighted by molar-refractivity contribution is -0.137. The van der Waals surface area contributed by atoms with Gasteiger partial charge in [-0.25, -0.2) is 0 Å². The molecular weight excluding hydrogens is 340 g/mol. The molecule has 27 heavy (non-hydrogen) atoms. The van der Waals surface area contributed by atoms with Gasteiger partial charge in [-0.05, 0) is 57.3 Å². The predicted octanol–water partition coefficient (Wildman–Crippen LogP) is 2.85. The van der Waals surface area contributed by atoms with Crippen molar-refractivity contribution >= 4 is 5.91 Å². The molecule has 2 saturated heterocycles. The topological polar surface area (TPSA) is 53.0 Å². The lowest BCUT2D eigenvalue weighted by Crippen LogP contribution is -2.45. The van der Waals surface area contributed by atoms with E-state index in [2.05, 4.69) is 9.80 Å². The highest BCUT2D eigenvalue weighted by atomic mass is 16.5. The lowest BCUT2D eigenvalue weighted by atomic mass is 9.95. The molecule has 5 nitrogen and oxygen atoms in total. The lowest BCUT2D eigenvalue weighted by Gasteiger charge is -2.34. The van der Waals surface area contributed by atoms with Crippen molar-refractivity contribution in [2.75, 3.05) is 39.3 Å². The largest absolute Gasteiger partial charge is 0.491 e. The van der Waals surface area contributed by atoms with Crippen LogP contribution in [-0.2, 0) is 4.79 Å². The van der Waals surface area contributed by atoms with Crippen molar-refractivity contribution in [3.8, 4) is 5.75 Å². The minimum absolute atomic E-state index is 0.166. The van der Waals surface area contributed by atoms with Crippen LogP contribution in [0.25, 0.3) is 0 Å². The smallest absolute Gasteiger partial charge is 0.225 e. The molecule has 3 rings (SSSR count). The van der Waals surface area contributed by atoms with Gasteiger partial charge in [0.2, 0.25) is 5.91 Å². The molecule has 1 N–H and O–H groups in total. The van der Waals surface area contributed by atoms with Crippen molar-refractivity contribution in [1.29, 1.82) is 0 Å². The van der Waals surface area contributed by atoms with Gasteiger partial charge in [0.1, 0.15) is 18.5 Å². The van der Waals surface area contributed by atoms with Gasteiger partial charge in [0.25, 0.3) is 0 Å². The Balaban J connectivity index is 1.38. The first-order chi connectivity index (χ1) is 13.1. The third-order valence-corrected chi connectivity index (χ3v) is 5.85. The summed E-state index contributed by atoms with van der Waals surface area (Å²) in [5, 5.41) is 10.3. The average molecular weight is 375 g/mol. The number of benzene rings is 1. The van der Waals surface area contributed by atoms with E-state index in [9.17, 15) is 9.90 Å². The van der Waals surface area contributed by atoms with Gasteiger partial charge in [-0.15, -0.1) is 0 Å². The van der Waals surface area contributed by atoms with Crippen molar-refractivity contribution in [2.45, 2.75) is 51.6 Å². The first kappa shape index (κ1) is 20.2. The number of aliphatic hydroxyl groups is 1. The Hall–Kier alpha value is -1.59. The fraction of sp³-hybridized carbons (Fsp3) is 0.682. The van der Waals surface area contributed by atoms with Crippen molar-refractivity contribution in [2.24, 2.45) is 5.92 Å². The van der Waals surface area contributed by atoms with E-state index < -0.39 is 6.10 Å². The molecule has 1 unspecified atom stereocenters. The summed E-state index contributed by atoms with van der Waals surface area (Å²) < 4.78 is 5.75. The number of rotatable bonds is 6. The highest BCUT2D eigenvalue weighted by molar-refractivity contribution is 5.79. The molecule has 0 radical (unpaired) electrons. The first-order valence-electron chi connectivity index (χ1n) is 10.5. The zero-order chi connectivity index (χ0) is 19.1. The van der Waals surface area contributed by atoms with Crippen LogP contribution in [0.5, 0.6) is 5.75 Å². The number of nitrogens with zero attached hydrogens (tertiary/aromatic N) is 2. The average Bonchev–Trinajstić information content (AvgIpc) is 2.97. The summed E-state index contributed by atoms with van der Waals surface area (Å²) in [5.41, 5.74) is 1.08. The molecule has 1 amide bonds. The molecule has 2 fully saturated rings. The molecule has 0 aliphatic carbocycles. The van der Waals surface area contributed by atoms with Crippen LogP contribution >= 0.6 is 0 Å². The van der Waals surface area contributed by atoms with Crippen LogP contribution in [0.4, 0.5) is 0 Å². The number of aryl methyl sites for hydroxylation is 1. The highest BCUT2D eigenvalue weighted by Gasteiger charge is 2.29. The number of piperidine rings is 1. The van der Waals surface area contributed by atoms with E-state index in [1.807, 2.05) is 31.2 Å². The summed E-state index contributed by atoms with van der Waals surface area (Å²) in [6.45, 7) is 6.56. The number of carbonyl (C=O) groups is 1. The number of aliphatic hydroxyl groups excluding tert-OH is 1. The maximum atomic E-state index is 12.8. The van der Waals surface area contributed by atoms with Gasteiger partial charge in [-0.2, -0.15) is 0 Å². The van der Waals surface area contributed by atoms with Crippen molar-refractivity contribution in [1.82, 2.24) is 9.80 Å². The molecule has 2 aliphatic rings. The van der Waals surface area contributed by atoms with Crippen LogP contribution in [-0.4, -0.2) is 66.2 Å². The second kappa shape index (κ2) is 10.1. The molecule has 2 aliphatic heterocycles. The van der Waals surface area contributed by atoms with E-state index in [0.717, 1.165) is 63.2 Å². The maximum Gasteiger partial charge on any atom is 0.225 e. The molecule has 0 spiro atoms. The van der Waals surface area contributed by atoms with E-state index >= 15 is 0 Å². The van der Waals surface area contributed by atoms with Crippen LogP contribution in [0.3, 0.4) is 0 Å². The Morgan fingerprint density at radius 1 is 1.11 bits per heavy atom. The standard InChI is InChI=1S/C22H34N2O3/c1-18-8-4-5-9-21(18)27-17-20(25)16-23-14-10-19(11-15-23)22(26)24-12-6-2-3-7-13-24/h4-5,8-9,19-20,25H,2-3,6-7,10-17H2,1H3. The van der Waals surface area contributed by atoms with E-state index in [1.54, 1.807) is 0 Å². The van der Waals surface area contributed by atoms with Crippen LogP contribution < -0.4 is 4.74 Å². The molecule has 1 aromatic carbocycles. The number of amides is 1. The van der Waals surface area contributed by atoms with Gasteiger partial charge in [0.05, 0.1) is 0 Å². The minimum atomic E-state index is -0.512. The van der Waals surface area contributed by atoms with Crippen LogP contribution in [0.15, 0.2) is 24.3 Å². The Morgan fingerprint density at radius 2 is 1.78 bits per heavy atom. The molecule has 1 aromatic rings. The number of carbonyl (C=O) groups excluding carboxylic acids is 1. The number of ether oxygens (including phenoxy) is 1. The maximum absolute atomic E-state index is 12.8. The van der Waals surface area contributed by atoms with Crippen molar-refractivity contribution in [3.63, 3.8) is 0 Å². The molecule has 0 bridgehead atoms. The summed E-state index contributed by atoms with van der Waals surface area (Å²) in [4.78, 5) is 17.1. The number of β-amino-alcohol motifs (C(OH)–C–C–N with tert-alkyl or cyclic N) is 1. The molecule has 0 saturated carbocycles. The summed E-state index contributed by atoms with van der Waals surface area (Å²) in [6.07, 6.45) is 6.11. The van der Waals surface area contributed by atoms with Gasteiger partial charge in [-0.1, -0.05) is 31.0 Å². The molecule has 1 atom stereocenters. The van der Waals surface area contributed by atoms with Crippen molar-refractivity contribution in [3.05, 3.63) is 29.8 Å². The van der Waals surface area contributed by atoms with Crippen LogP contribution in [0.1, 0.15) is 44.1 Å². The monoisotopic (exact) mass is 374 g/mol. The summed E-state index contributed by atoms with van der Waals surface area (Å²) in [6, 6.07) is 7.87. The first-order valence-corrected chi connectivity index (χ1v) is 10.5. The summed E-state index contributed by atoms with van der Waals surface area (Å²) in [7, 11) is 0. The third kappa shape index (κ3) is 5.94. The van der Waals surface area contributed by atoms with Crippen LogP contribution in [0.2, 0.25) is 0 Å². The van der Waals surface area contributed by atoms with E-state index in [-0.39, 0.29) is 5.92 Å². The molecule has 2 heterocycles. The zero-order valence-corrected chi connectivity index (χ0v) is 16.6. The van der Waals surface area contributed by atoms with Gasteiger partial charge in [0.15, 0.2) is 0 Å². The molecule has 0 aromatic heterocycles. The Bertz CT molecular complexity index is 591. The van der Waals surface area contributed by atoms with Crippen LogP contribution in [0, 0.1) is 12.8 Å². The Labute approximate surface area is 163 Å². The Morgan fingerprint density at radius 3 is 2.44 bits per heavy atom. The Kier molecular flexibility index (Phi) is 7.53. The minimum Gasteiger partial charge on any atom is -0.491 e. The number of hydrogen-bond acceptors (Lipinski definition) is 4. The molecule has 150 valence electrons. The molecule has 5 heteroatoms. The fourth-order valence-electron chi connectivity index (χ4n) is 4.17. The van der Waals surface area contributed by atoms with E-state index in [1.165, 1.54) is 12.8 Å². The van der Waals surface area contributed by atoms with Crippen molar-refractivity contribution < 1.29 is 14.6 Å². The molecular formula is C22H34N2O3. The number of hydrogen-bond donors (Lipinski definition) is 1. The predicted molar refractivity (Wildman–Crippen MR) is 107 cm³/mol. The summed E-state index contributed by atoms with van der Waals surface area (Å²) in [5.74, 6) is 1.36. The van der Waals surface area contributed by atoms with Gasteiger partial charge >= 0.3 is 0 Å². The second-order valence-electron chi connectivity index (χ2n) is 8.04. The van der Waals surface area contributed by atoms with Gasteiger partial charge in [-0.3, -0.25) is 4.79 Å². The normalized spacial score (nSPS) is 20.9.